The van der Waals surface area contributed by atoms with Crippen LogP contribution in [0.15, 0.2) is 42.9 Å². The van der Waals surface area contributed by atoms with Gasteiger partial charge in [0.2, 0.25) is 0 Å². The molecule has 14 heteroatoms. The van der Waals surface area contributed by atoms with E-state index in [1.165, 1.54) is 24.5 Å². The summed E-state index contributed by atoms with van der Waals surface area (Å²) < 4.78 is 49.5. The highest BCUT2D eigenvalue weighted by Crippen LogP contribution is 2.39. The number of nitrogens with zero attached hydrogens (tertiary/aromatic N) is 5. The minimum atomic E-state index is -4.97. The van der Waals surface area contributed by atoms with Crippen molar-refractivity contribution in [3.8, 4) is 6.07 Å². The van der Waals surface area contributed by atoms with Crippen molar-refractivity contribution in [1.29, 1.82) is 5.26 Å². The van der Waals surface area contributed by atoms with Crippen molar-refractivity contribution in [1.82, 2.24) is 19.7 Å². The van der Waals surface area contributed by atoms with Crippen LogP contribution in [0, 0.1) is 17.2 Å². The number of rotatable bonds is 9. The quantitative estimate of drug-likeness (QED) is 0.200. The van der Waals surface area contributed by atoms with E-state index in [1.54, 1.807) is 19.1 Å². The maximum atomic E-state index is 14.5. The number of Topliss-reactive ketones (excluding diaryl/α,β-unsaturated/α-hetero) is 1. The molecule has 1 aromatic carbocycles. The van der Waals surface area contributed by atoms with E-state index in [0.29, 0.717) is 18.4 Å². The summed E-state index contributed by atoms with van der Waals surface area (Å²) >= 11 is 12.3. The molecule has 0 radical (unpaired) electrons. The summed E-state index contributed by atoms with van der Waals surface area (Å²) in [5.74, 6) is -2.67. The van der Waals surface area contributed by atoms with Crippen molar-refractivity contribution in [2.75, 3.05) is 13.2 Å². The Morgan fingerprint density at radius 1 is 1.09 bits per heavy atom. The molecule has 2 aromatic heterocycles. The fraction of sp³-hybridized carbons (Fsp3) is 0.379. The molecule has 1 aliphatic rings. The largest absolute Gasteiger partial charge is 0.466 e. The third-order valence-corrected chi connectivity index (χ3v) is 7.78. The number of carbonyl (C=O) groups excluding carboxylic acids is 3. The first kappa shape index (κ1) is 32.0. The third-order valence-electron chi connectivity index (χ3n) is 7.21. The smallest absolute Gasteiger partial charge is 0.433 e. The van der Waals surface area contributed by atoms with Crippen LogP contribution in [0.5, 0.6) is 0 Å². The first-order valence-electron chi connectivity index (χ1n) is 13.4. The van der Waals surface area contributed by atoms with Crippen LogP contribution in [-0.2, 0) is 22.3 Å². The SMILES string of the molecule is CCOC(=O)C1CCC(n2ncc(C(=O)N(CC(=O)c3c(Cl)cncc3Cl)Cc3ccccc3C#N)c2C(F)(F)F)CC1. The highest BCUT2D eigenvalue weighted by atomic mass is 35.5. The fourth-order valence-corrected chi connectivity index (χ4v) is 5.74. The number of carbonyl (C=O) groups is 3. The molecule has 0 N–H and O–H groups in total. The van der Waals surface area contributed by atoms with Gasteiger partial charge >= 0.3 is 12.1 Å². The van der Waals surface area contributed by atoms with Crippen LogP contribution in [0.1, 0.15) is 76.2 Å². The van der Waals surface area contributed by atoms with Gasteiger partial charge in [-0.05, 0) is 44.2 Å². The number of amides is 1. The molecule has 9 nitrogen and oxygen atoms in total. The molecule has 43 heavy (non-hydrogen) atoms. The number of aromatic nitrogens is 3. The summed E-state index contributed by atoms with van der Waals surface area (Å²) in [6, 6.07) is 7.48. The minimum Gasteiger partial charge on any atom is -0.466 e. The van der Waals surface area contributed by atoms with Crippen LogP contribution >= 0.6 is 23.2 Å². The van der Waals surface area contributed by atoms with Gasteiger partial charge in [-0.3, -0.25) is 24.0 Å². The Bertz CT molecular complexity index is 1540. The fourth-order valence-electron chi connectivity index (χ4n) is 5.17. The summed E-state index contributed by atoms with van der Waals surface area (Å²) in [6.07, 6.45) is -0.718. The van der Waals surface area contributed by atoms with Crippen molar-refractivity contribution in [3.05, 3.63) is 80.8 Å². The molecule has 1 amide bonds. The van der Waals surface area contributed by atoms with Crippen LogP contribution in [0.2, 0.25) is 10.0 Å². The van der Waals surface area contributed by atoms with Crippen molar-refractivity contribution in [2.24, 2.45) is 5.92 Å². The maximum Gasteiger partial charge on any atom is 0.433 e. The normalized spacial score (nSPS) is 16.8. The lowest BCUT2D eigenvalue weighted by Gasteiger charge is -2.29. The summed E-state index contributed by atoms with van der Waals surface area (Å²) in [7, 11) is 0. The van der Waals surface area contributed by atoms with E-state index in [0.717, 1.165) is 15.8 Å². The molecule has 226 valence electrons. The zero-order chi connectivity index (χ0) is 31.3. The highest BCUT2D eigenvalue weighted by molar-refractivity contribution is 6.39. The van der Waals surface area contributed by atoms with Gasteiger partial charge in [0.05, 0.1) is 64.1 Å². The van der Waals surface area contributed by atoms with E-state index >= 15 is 0 Å². The molecule has 4 rings (SSSR count). The number of esters is 1. The van der Waals surface area contributed by atoms with Gasteiger partial charge in [0, 0.05) is 18.9 Å². The van der Waals surface area contributed by atoms with Crippen molar-refractivity contribution >= 4 is 40.9 Å². The predicted molar refractivity (Wildman–Crippen MR) is 149 cm³/mol. The van der Waals surface area contributed by atoms with Gasteiger partial charge in [0.15, 0.2) is 11.5 Å². The topological polar surface area (TPSA) is 118 Å². The Labute approximate surface area is 255 Å². The molecule has 0 unspecified atom stereocenters. The maximum absolute atomic E-state index is 14.5. The van der Waals surface area contributed by atoms with Crippen LogP contribution in [0.25, 0.3) is 0 Å². The Balaban J connectivity index is 1.70. The monoisotopic (exact) mass is 635 g/mol. The van der Waals surface area contributed by atoms with Gasteiger partial charge in [-0.2, -0.15) is 23.5 Å². The van der Waals surface area contributed by atoms with E-state index < -0.39 is 47.6 Å². The minimum absolute atomic E-state index is 0.0930. The van der Waals surface area contributed by atoms with Gasteiger partial charge in [0.1, 0.15) is 0 Å². The molecule has 0 atom stereocenters. The number of hydrogen-bond acceptors (Lipinski definition) is 7. The predicted octanol–water partition coefficient (Wildman–Crippen LogP) is 6.30. The number of alkyl halides is 3. The number of halogens is 5. The van der Waals surface area contributed by atoms with Gasteiger partial charge < -0.3 is 9.64 Å². The second-order valence-corrected chi connectivity index (χ2v) is 10.8. The molecule has 0 spiro atoms. The van der Waals surface area contributed by atoms with E-state index in [4.69, 9.17) is 27.9 Å². The average Bonchev–Trinajstić information content (AvgIpc) is 3.43. The molecule has 1 fully saturated rings. The van der Waals surface area contributed by atoms with Gasteiger partial charge in [-0.1, -0.05) is 41.4 Å². The lowest BCUT2D eigenvalue weighted by molar-refractivity contribution is -0.151. The van der Waals surface area contributed by atoms with E-state index in [-0.39, 0.29) is 53.1 Å². The molecule has 3 aromatic rings. The lowest BCUT2D eigenvalue weighted by atomic mass is 9.86. The molecule has 0 aliphatic heterocycles. The second kappa shape index (κ2) is 13.6. The Kier molecular flexibility index (Phi) is 10.1. The lowest BCUT2D eigenvalue weighted by Crippen LogP contribution is -2.37. The van der Waals surface area contributed by atoms with E-state index in [2.05, 4.69) is 10.1 Å². The Morgan fingerprint density at radius 3 is 2.35 bits per heavy atom. The zero-order valence-electron chi connectivity index (χ0n) is 22.9. The van der Waals surface area contributed by atoms with Gasteiger partial charge in [-0.15, -0.1) is 0 Å². The Morgan fingerprint density at radius 2 is 1.74 bits per heavy atom. The highest BCUT2D eigenvalue weighted by Gasteiger charge is 2.43. The number of nitriles is 1. The first-order chi connectivity index (χ1) is 20.5. The zero-order valence-corrected chi connectivity index (χ0v) is 24.4. The standard InChI is InChI=1S/C29H26Cl2F3N5O4/c1-2-43-28(42)17-7-9-20(10-8-17)39-26(29(32,33)34)21(12-37-39)27(41)38(15-19-6-4-3-5-18(19)11-35)16-24(40)25-22(30)13-36-14-23(25)31/h3-6,12-14,17,20H,2,7-10,15-16H2,1H3. The molecule has 1 saturated carbocycles. The molecule has 0 bridgehead atoms. The van der Waals surface area contributed by atoms with Gasteiger partial charge in [-0.25, -0.2) is 0 Å². The van der Waals surface area contributed by atoms with Crippen molar-refractivity contribution in [3.63, 3.8) is 0 Å². The molecular formula is C29H26Cl2F3N5O4. The van der Waals surface area contributed by atoms with E-state index in [1.807, 2.05) is 6.07 Å². The van der Waals surface area contributed by atoms with E-state index in [9.17, 15) is 32.8 Å². The summed E-state index contributed by atoms with van der Waals surface area (Å²) in [5, 5.41) is 13.3. The van der Waals surface area contributed by atoms with Crippen LogP contribution in [-0.4, -0.2) is 50.5 Å². The first-order valence-corrected chi connectivity index (χ1v) is 14.1. The van der Waals surface area contributed by atoms with Crippen LogP contribution < -0.4 is 0 Å². The number of ether oxygens (including phenoxy) is 1. The average molecular weight is 636 g/mol. The number of pyridine rings is 1. The molecule has 2 heterocycles. The number of ketones is 1. The molecule has 0 saturated heterocycles. The summed E-state index contributed by atoms with van der Waals surface area (Å²) in [6.45, 7) is 0.827. The molecule has 1 aliphatic carbocycles. The Hall–Kier alpha value is -3.95. The van der Waals surface area contributed by atoms with Crippen molar-refractivity contribution in [2.45, 2.75) is 51.4 Å². The van der Waals surface area contributed by atoms with Crippen molar-refractivity contribution < 1.29 is 32.3 Å². The third kappa shape index (κ3) is 7.17. The van der Waals surface area contributed by atoms with Gasteiger partial charge in [0.25, 0.3) is 5.91 Å². The summed E-state index contributed by atoms with van der Waals surface area (Å²) in [5.41, 5.74) is -1.67. The summed E-state index contributed by atoms with van der Waals surface area (Å²) in [4.78, 5) is 44.0. The van der Waals surface area contributed by atoms with Crippen LogP contribution in [0.4, 0.5) is 13.2 Å². The number of hydrogen-bond donors (Lipinski definition) is 0. The van der Waals surface area contributed by atoms with Crippen LogP contribution in [0.3, 0.4) is 0 Å². The number of benzene rings is 1. The molecular weight excluding hydrogens is 610 g/mol. The second-order valence-electron chi connectivity index (χ2n) is 9.94.